The largest absolute Gasteiger partial charge is 0.392 e. The van der Waals surface area contributed by atoms with Gasteiger partial charge in [-0.05, 0) is 39.3 Å². The van der Waals surface area contributed by atoms with Gasteiger partial charge in [0.1, 0.15) is 5.82 Å². The van der Waals surface area contributed by atoms with E-state index in [-0.39, 0.29) is 17.2 Å². The van der Waals surface area contributed by atoms with E-state index in [0.29, 0.717) is 29.8 Å². The molecular weight excluding hydrogens is 369 g/mol. The lowest BCUT2D eigenvalue weighted by Crippen LogP contribution is -2.21. The number of halogens is 2. The molecule has 0 unspecified atom stereocenters. The van der Waals surface area contributed by atoms with Crippen molar-refractivity contribution < 1.29 is 14.6 Å². The third-order valence-electron chi connectivity index (χ3n) is 4.69. The van der Waals surface area contributed by atoms with Crippen LogP contribution in [0.3, 0.4) is 0 Å². The molecule has 0 saturated carbocycles. The van der Waals surface area contributed by atoms with Crippen molar-refractivity contribution in [3.05, 3.63) is 52.7 Å². The summed E-state index contributed by atoms with van der Waals surface area (Å²) >= 11 is 6.19. The summed E-state index contributed by atoms with van der Waals surface area (Å²) in [7, 11) is 0. The average Bonchev–Trinajstić information content (AvgIpc) is 3.15. The molecule has 0 aliphatic rings. The molecule has 2 heterocycles. The Morgan fingerprint density at radius 3 is 2.67 bits per heavy atom. The number of hydrogen-bond donors (Lipinski definition) is 3. The molecule has 144 valence electrons. The van der Waals surface area contributed by atoms with Gasteiger partial charge in [0.15, 0.2) is 0 Å². The molecule has 0 fully saturated rings. The van der Waals surface area contributed by atoms with E-state index >= 15 is 0 Å². The maximum atomic E-state index is 14.3. The van der Waals surface area contributed by atoms with Crippen LogP contribution >= 0.6 is 11.6 Å². The van der Waals surface area contributed by atoms with Gasteiger partial charge in [-0.1, -0.05) is 17.7 Å². The van der Waals surface area contributed by atoms with Crippen LogP contribution in [0.5, 0.6) is 0 Å². The van der Waals surface area contributed by atoms with Gasteiger partial charge in [-0.15, -0.1) is 0 Å². The zero-order chi connectivity index (χ0) is 19.8. The van der Waals surface area contributed by atoms with Gasteiger partial charge in [0, 0.05) is 40.7 Å². The van der Waals surface area contributed by atoms with Gasteiger partial charge in [0.25, 0.3) is 0 Å². The molecule has 3 N–H and O–H groups in total. The first-order valence-corrected chi connectivity index (χ1v) is 9.11. The summed E-state index contributed by atoms with van der Waals surface area (Å²) in [5.74, 6) is -0.444. The standard InChI is InChI=1S/C20H23ClFN3O2/c1-12-13(10-24-25(12)8-7-20(2,3)27)19-15(11-26)14(9-23-19)18-16(21)5-4-6-17(18)22/h4-6,9-10,23,26-27H,7-8,11H2,1-3H3. The molecule has 5 nitrogen and oxygen atoms in total. The van der Waals surface area contributed by atoms with Gasteiger partial charge in [0.2, 0.25) is 0 Å². The monoisotopic (exact) mass is 391 g/mol. The van der Waals surface area contributed by atoms with Gasteiger partial charge in [0.05, 0.1) is 29.1 Å². The molecule has 0 aliphatic carbocycles. The fraction of sp³-hybridized carbons (Fsp3) is 0.350. The Balaban J connectivity index is 2.02. The van der Waals surface area contributed by atoms with Gasteiger partial charge in [-0.25, -0.2) is 4.39 Å². The van der Waals surface area contributed by atoms with Crippen molar-refractivity contribution in [3.8, 4) is 22.4 Å². The molecule has 0 amide bonds. The van der Waals surface area contributed by atoms with E-state index in [4.69, 9.17) is 11.6 Å². The number of benzene rings is 1. The first-order chi connectivity index (χ1) is 12.7. The number of aromatic amines is 1. The molecule has 27 heavy (non-hydrogen) atoms. The fourth-order valence-corrected chi connectivity index (χ4v) is 3.40. The molecule has 0 atom stereocenters. The van der Waals surface area contributed by atoms with Crippen molar-refractivity contribution in [2.24, 2.45) is 0 Å². The number of nitrogens with zero attached hydrogens (tertiary/aromatic N) is 2. The summed E-state index contributed by atoms with van der Waals surface area (Å²) in [5.41, 5.74) is 2.95. The molecule has 3 aromatic rings. The minimum absolute atomic E-state index is 0.262. The zero-order valence-corrected chi connectivity index (χ0v) is 16.3. The topological polar surface area (TPSA) is 74.1 Å². The van der Waals surface area contributed by atoms with E-state index in [0.717, 1.165) is 11.3 Å². The van der Waals surface area contributed by atoms with Crippen LogP contribution in [0.4, 0.5) is 4.39 Å². The number of aliphatic hydroxyl groups excluding tert-OH is 1. The highest BCUT2D eigenvalue weighted by Gasteiger charge is 2.21. The highest BCUT2D eigenvalue weighted by atomic mass is 35.5. The van der Waals surface area contributed by atoms with Crippen molar-refractivity contribution in [1.82, 2.24) is 14.8 Å². The second-order valence-corrected chi connectivity index (χ2v) is 7.65. The number of H-pyrrole nitrogens is 1. The molecule has 0 bridgehead atoms. The highest BCUT2D eigenvalue weighted by Crippen LogP contribution is 2.38. The lowest BCUT2D eigenvalue weighted by molar-refractivity contribution is 0.0649. The Morgan fingerprint density at radius 1 is 1.30 bits per heavy atom. The SMILES string of the molecule is Cc1c(-c2[nH]cc(-c3c(F)cccc3Cl)c2CO)cnn1CCC(C)(C)O. The number of hydrogen-bond acceptors (Lipinski definition) is 3. The summed E-state index contributed by atoms with van der Waals surface area (Å²) in [4.78, 5) is 3.13. The van der Waals surface area contributed by atoms with Crippen LogP contribution < -0.4 is 0 Å². The normalized spacial score (nSPS) is 12.0. The van der Waals surface area contributed by atoms with E-state index in [1.54, 1.807) is 38.4 Å². The summed E-state index contributed by atoms with van der Waals surface area (Å²) in [5, 5.41) is 24.6. The van der Waals surface area contributed by atoms with Crippen molar-refractivity contribution in [2.75, 3.05) is 0 Å². The first-order valence-electron chi connectivity index (χ1n) is 8.73. The summed E-state index contributed by atoms with van der Waals surface area (Å²) < 4.78 is 16.2. The van der Waals surface area contributed by atoms with Crippen LogP contribution in [0.1, 0.15) is 31.5 Å². The average molecular weight is 392 g/mol. The molecule has 0 radical (unpaired) electrons. The van der Waals surface area contributed by atoms with E-state index in [9.17, 15) is 14.6 Å². The fourth-order valence-electron chi connectivity index (χ4n) is 3.13. The van der Waals surface area contributed by atoms with Gasteiger partial charge >= 0.3 is 0 Å². The molecule has 2 aromatic heterocycles. The minimum atomic E-state index is -0.782. The van der Waals surface area contributed by atoms with E-state index in [1.807, 2.05) is 11.6 Å². The molecule has 1 aromatic carbocycles. The smallest absolute Gasteiger partial charge is 0.132 e. The van der Waals surface area contributed by atoms with Gasteiger partial charge in [-0.3, -0.25) is 4.68 Å². The van der Waals surface area contributed by atoms with E-state index < -0.39 is 11.4 Å². The number of aromatic nitrogens is 3. The third-order valence-corrected chi connectivity index (χ3v) is 5.00. The van der Waals surface area contributed by atoms with Gasteiger partial charge in [-0.2, -0.15) is 5.10 Å². The maximum absolute atomic E-state index is 14.3. The van der Waals surface area contributed by atoms with Crippen molar-refractivity contribution in [1.29, 1.82) is 0 Å². The number of nitrogens with one attached hydrogen (secondary N) is 1. The van der Waals surface area contributed by atoms with Crippen LogP contribution in [0, 0.1) is 12.7 Å². The molecule has 0 saturated heterocycles. The third kappa shape index (κ3) is 3.93. The van der Waals surface area contributed by atoms with E-state index in [1.165, 1.54) is 6.07 Å². The Morgan fingerprint density at radius 2 is 2.04 bits per heavy atom. The lowest BCUT2D eigenvalue weighted by Gasteiger charge is -2.17. The molecular formula is C20H23ClFN3O2. The summed E-state index contributed by atoms with van der Waals surface area (Å²) in [6.07, 6.45) is 3.92. The number of rotatable bonds is 6. The Labute approximate surface area is 162 Å². The quantitative estimate of drug-likeness (QED) is 0.586. The summed E-state index contributed by atoms with van der Waals surface area (Å²) in [6, 6.07) is 4.51. The van der Waals surface area contributed by atoms with Gasteiger partial charge < -0.3 is 15.2 Å². The minimum Gasteiger partial charge on any atom is -0.392 e. The molecule has 7 heteroatoms. The summed E-state index contributed by atoms with van der Waals surface area (Å²) in [6.45, 7) is 5.73. The van der Waals surface area contributed by atoms with Crippen LogP contribution in [0.2, 0.25) is 5.02 Å². The van der Waals surface area contributed by atoms with E-state index in [2.05, 4.69) is 10.1 Å². The van der Waals surface area contributed by atoms with Crippen molar-refractivity contribution in [2.45, 2.75) is 45.9 Å². The lowest BCUT2D eigenvalue weighted by atomic mass is 10.00. The van der Waals surface area contributed by atoms with Crippen LogP contribution in [-0.4, -0.2) is 30.6 Å². The number of aryl methyl sites for hydroxylation is 1. The van der Waals surface area contributed by atoms with Crippen LogP contribution in [0.25, 0.3) is 22.4 Å². The second-order valence-electron chi connectivity index (χ2n) is 7.24. The number of aliphatic hydroxyl groups is 2. The van der Waals surface area contributed by atoms with Crippen molar-refractivity contribution >= 4 is 11.6 Å². The zero-order valence-electron chi connectivity index (χ0n) is 15.6. The maximum Gasteiger partial charge on any atom is 0.132 e. The molecule has 0 spiro atoms. The first kappa shape index (κ1) is 19.6. The second kappa shape index (κ2) is 7.46. The van der Waals surface area contributed by atoms with Crippen LogP contribution in [-0.2, 0) is 13.2 Å². The Hall–Kier alpha value is -2.15. The Kier molecular flexibility index (Phi) is 5.42. The predicted molar refractivity (Wildman–Crippen MR) is 104 cm³/mol. The predicted octanol–water partition coefficient (Wildman–Crippen LogP) is 4.30. The molecule has 3 rings (SSSR count). The van der Waals surface area contributed by atoms with Crippen molar-refractivity contribution in [3.63, 3.8) is 0 Å². The molecule has 0 aliphatic heterocycles. The Bertz CT molecular complexity index is 937. The van der Waals surface area contributed by atoms with Crippen LogP contribution in [0.15, 0.2) is 30.6 Å². The highest BCUT2D eigenvalue weighted by molar-refractivity contribution is 6.33.